The van der Waals surface area contributed by atoms with Crippen LogP contribution in [0.25, 0.3) is 0 Å². The highest BCUT2D eigenvalue weighted by molar-refractivity contribution is 6.82. The fourth-order valence-electron chi connectivity index (χ4n) is 0.850. The molecule has 0 atom stereocenters. The van der Waals surface area contributed by atoms with Crippen LogP contribution in [-0.4, -0.2) is 8.07 Å². The molecule has 0 saturated heterocycles. The summed E-state index contributed by atoms with van der Waals surface area (Å²) in [7, 11) is -1.08. The molecule has 52 valence electrons. The van der Waals surface area contributed by atoms with E-state index >= 15 is 0 Å². The first-order valence-electron chi connectivity index (χ1n) is 3.26. The molecule has 0 fully saturated rings. The van der Waals surface area contributed by atoms with Crippen molar-refractivity contribution in [3.8, 4) is 0 Å². The van der Waals surface area contributed by atoms with Crippen LogP contribution >= 0.6 is 0 Å². The molecule has 0 aliphatic heterocycles. The highest BCUT2D eigenvalue weighted by atomic mass is 28.3. The minimum atomic E-state index is -1.08. The van der Waals surface area contributed by atoms with Crippen molar-refractivity contribution in [2.75, 3.05) is 0 Å². The minimum absolute atomic E-state index is 1.08. The van der Waals surface area contributed by atoms with Gasteiger partial charge in [0, 0.05) is 0 Å². The lowest BCUT2D eigenvalue weighted by molar-refractivity contribution is 1.35. The third-order valence-electron chi connectivity index (χ3n) is 1.31. The predicted octanol–water partition coefficient (Wildman–Crippen LogP) is 3.00. The normalized spacial score (nSPS) is 11.0. The van der Waals surface area contributed by atoms with Gasteiger partial charge in [0.15, 0.2) is 0 Å². The summed E-state index contributed by atoms with van der Waals surface area (Å²) in [6.07, 6.45) is 0. The average Bonchev–Trinajstić information content (AvgIpc) is 1.63. The number of rotatable bonds is 3. The first-order chi connectivity index (χ1) is 3.98. The van der Waals surface area contributed by atoms with Gasteiger partial charge < -0.3 is 0 Å². The molecule has 0 aromatic rings. The maximum absolute atomic E-state index is 3.88. The molecule has 0 aromatic carbocycles. The molecule has 0 aliphatic carbocycles. The van der Waals surface area contributed by atoms with Crippen LogP contribution in [0.1, 0.15) is 6.92 Å². The molecule has 0 aliphatic rings. The van der Waals surface area contributed by atoms with Crippen molar-refractivity contribution in [3.05, 3.63) is 24.4 Å². The van der Waals surface area contributed by atoms with Gasteiger partial charge in [-0.25, -0.2) is 0 Å². The van der Waals surface area contributed by atoms with E-state index in [-0.39, 0.29) is 0 Å². The Balaban J connectivity index is 3.86. The molecule has 0 heterocycles. The van der Waals surface area contributed by atoms with E-state index in [0.717, 1.165) is 0 Å². The van der Waals surface area contributed by atoms with E-state index in [4.69, 9.17) is 0 Å². The summed E-state index contributed by atoms with van der Waals surface area (Å²) < 4.78 is 0. The third kappa shape index (κ3) is 4.22. The van der Waals surface area contributed by atoms with Crippen molar-refractivity contribution in [3.63, 3.8) is 0 Å². The van der Waals surface area contributed by atoms with Crippen LogP contribution in [0.2, 0.25) is 19.1 Å². The Bertz CT molecular complexity index is 123. The summed E-state index contributed by atoms with van der Waals surface area (Å²) in [4.78, 5) is 0. The fourth-order valence-corrected chi connectivity index (χ4v) is 2.55. The molecule has 0 N–H and O–H groups in total. The highest BCUT2D eigenvalue weighted by Crippen LogP contribution is 2.14. The Morgan fingerprint density at radius 2 is 2.00 bits per heavy atom. The van der Waals surface area contributed by atoms with Crippen LogP contribution in [0.4, 0.5) is 0 Å². The van der Waals surface area contributed by atoms with Gasteiger partial charge in [-0.3, -0.25) is 0 Å². The summed E-state index contributed by atoms with van der Waals surface area (Å²) in [6.45, 7) is 14.4. The molecule has 0 unspecified atom stereocenters. The van der Waals surface area contributed by atoms with Gasteiger partial charge in [0.25, 0.3) is 0 Å². The molecule has 9 heavy (non-hydrogen) atoms. The van der Waals surface area contributed by atoms with E-state index in [9.17, 15) is 0 Å². The van der Waals surface area contributed by atoms with E-state index in [1.54, 1.807) is 0 Å². The lowest BCUT2D eigenvalue weighted by atomic mass is 10.4. The average molecular weight is 140 g/mol. The van der Waals surface area contributed by atoms with Crippen LogP contribution in [0.15, 0.2) is 24.4 Å². The van der Waals surface area contributed by atoms with Crippen LogP contribution in [0.5, 0.6) is 0 Å². The summed E-state index contributed by atoms with van der Waals surface area (Å²) >= 11 is 0. The standard InChI is InChI=1S/C8H16Si/c1-6-9(4,5)7-8(2)3/h6H,1-2,7H2,3-5H3. The minimum Gasteiger partial charge on any atom is -0.107 e. The Hall–Kier alpha value is -0.303. The van der Waals surface area contributed by atoms with Crippen molar-refractivity contribution < 1.29 is 0 Å². The second-order valence-corrected chi connectivity index (χ2v) is 8.07. The van der Waals surface area contributed by atoms with E-state index in [1.807, 2.05) is 0 Å². The van der Waals surface area contributed by atoms with Gasteiger partial charge in [-0.1, -0.05) is 18.7 Å². The van der Waals surface area contributed by atoms with E-state index in [1.165, 1.54) is 11.6 Å². The molecule has 0 aromatic heterocycles. The maximum atomic E-state index is 3.88. The molecule has 0 bridgehead atoms. The summed E-state index contributed by atoms with van der Waals surface area (Å²) in [5.74, 6) is 0. The molecule has 0 amide bonds. The molecule has 0 radical (unpaired) electrons. The summed E-state index contributed by atoms with van der Waals surface area (Å²) in [5, 5.41) is 0. The van der Waals surface area contributed by atoms with Gasteiger partial charge in [0.1, 0.15) is 0 Å². The largest absolute Gasteiger partial charge is 0.107 e. The van der Waals surface area contributed by atoms with Gasteiger partial charge >= 0.3 is 0 Å². The molecule has 1 heteroatoms. The van der Waals surface area contributed by atoms with Crippen molar-refractivity contribution >= 4 is 8.07 Å². The van der Waals surface area contributed by atoms with E-state index in [2.05, 4.69) is 38.9 Å². The zero-order chi connectivity index (χ0) is 7.49. The lowest BCUT2D eigenvalue weighted by Crippen LogP contribution is -2.21. The van der Waals surface area contributed by atoms with Gasteiger partial charge in [-0.05, 0) is 13.0 Å². The quantitative estimate of drug-likeness (QED) is 0.417. The SMILES string of the molecule is C=C[Si](C)(C)CC(=C)C. The van der Waals surface area contributed by atoms with Gasteiger partial charge in [-0.15, -0.1) is 18.9 Å². The molecule has 0 nitrogen and oxygen atoms in total. The van der Waals surface area contributed by atoms with Crippen molar-refractivity contribution in [2.45, 2.75) is 26.1 Å². The Kier molecular flexibility index (Phi) is 2.92. The molecule has 0 saturated carbocycles. The van der Waals surface area contributed by atoms with Gasteiger partial charge in [0.2, 0.25) is 0 Å². The second kappa shape index (κ2) is 3.02. The van der Waals surface area contributed by atoms with Crippen LogP contribution in [0, 0.1) is 0 Å². The first-order valence-corrected chi connectivity index (χ1v) is 6.54. The van der Waals surface area contributed by atoms with Crippen LogP contribution in [0.3, 0.4) is 0 Å². The van der Waals surface area contributed by atoms with Crippen molar-refractivity contribution in [1.82, 2.24) is 0 Å². The van der Waals surface area contributed by atoms with Crippen molar-refractivity contribution in [1.29, 1.82) is 0 Å². The molecule has 0 rings (SSSR count). The number of hydrogen-bond donors (Lipinski definition) is 0. The van der Waals surface area contributed by atoms with E-state index in [0.29, 0.717) is 0 Å². The highest BCUT2D eigenvalue weighted by Gasteiger charge is 2.14. The smallest absolute Gasteiger partial charge is 0.0749 e. The van der Waals surface area contributed by atoms with Crippen LogP contribution in [-0.2, 0) is 0 Å². The number of allylic oxidation sites excluding steroid dienone is 1. The topological polar surface area (TPSA) is 0 Å². The monoisotopic (exact) mass is 140 g/mol. The van der Waals surface area contributed by atoms with Crippen LogP contribution < -0.4 is 0 Å². The van der Waals surface area contributed by atoms with Gasteiger partial charge in [0.05, 0.1) is 8.07 Å². The third-order valence-corrected chi connectivity index (χ3v) is 3.93. The maximum Gasteiger partial charge on any atom is 0.0749 e. The zero-order valence-corrected chi connectivity index (χ0v) is 7.70. The van der Waals surface area contributed by atoms with Gasteiger partial charge in [-0.2, -0.15) is 0 Å². The Morgan fingerprint density at radius 1 is 1.56 bits per heavy atom. The first kappa shape index (κ1) is 8.70. The lowest BCUT2D eigenvalue weighted by Gasteiger charge is -2.15. The fraction of sp³-hybridized carbons (Fsp3) is 0.500. The summed E-state index contributed by atoms with van der Waals surface area (Å²) in [6, 6.07) is 1.18. The number of hydrogen-bond acceptors (Lipinski definition) is 0. The predicted molar refractivity (Wildman–Crippen MR) is 47.3 cm³/mol. The molecular formula is C8H16Si. The second-order valence-electron chi connectivity index (χ2n) is 3.33. The molecular weight excluding hydrogens is 124 g/mol. The Morgan fingerprint density at radius 3 is 2.11 bits per heavy atom. The molecule has 0 spiro atoms. The van der Waals surface area contributed by atoms with E-state index < -0.39 is 8.07 Å². The van der Waals surface area contributed by atoms with Crippen molar-refractivity contribution in [2.24, 2.45) is 0 Å². The Labute approximate surface area is 59.3 Å². The zero-order valence-electron chi connectivity index (χ0n) is 6.70. The summed E-state index contributed by atoms with van der Waals surface area (Å²) in [5.41, 5.74) is 3.40.